The number of aliphatic hydroxyl groups excluding tert-OH is 8. The number of fused-ring (bicyclic) bond motifs is 1. The number of benzene rings is 1. The van der Waals surface area contributed by atoms with Gasteiger partial charge in [-0.2, -0.15) is 0 Å². The first-order valence-electron chi connectivity index (χ1n) is 19.2. The Morgan fingerprint density at radius 1 is 0.790 bits per heavy atom. The van der Waals surface area contributed by atoms with Crippen molar-refractivity contribution in [2.45, 2.75) is 94.8 Å². The van der Waals surface area contributed by atoms with Crippen LogP contribution in [-0.2, 0) is 30.5 Å². The van der Waals surface area contributed by atoms with Crippen molar-refractivity contribution < 1.29 is 74.7 Å². The number of rotatable bonds is 25. The lowest BCUT2D eigenvalue weighted by molar-refractivity contribution is -0.145. The standard InChI is InChI=1S/C38H52N8O16/c1-16(25(50)11-23(35(58)39-3)30(54)32(56)27(52)15-48)42-36(59)22(29(53)31(55)26(51)14-47)10-21(49)8-9-24(38(61)62)46-34(57)18-4-6-19(7-5-18)40-12-20-13-41-33-28(45-20)37(60)44-17(2)43-33/h4-7,13,16,22-24,26-27,29-32,40,47-48,51-56H,8-12,14-15H2,1-3H3,(H,39,58)(H,42,59)(H,46,57)(H,61,62)(H,41,43,44,60)/t16-,22-,23-,24-,26+,27+,29+,30+,31+,32+/m0/s1. The van der Waals surface area contributed by atoms with Crippen LogP contribution >= 0.6 is 0 Å². The SMILES string of the molecule is CNC(=O)[C@@H](CC(=O)[C@H](C)NC(=O)[C@@H](CC(=O)CC[C@H](NC(=O)c1ccc(NCc2cnc3nc(C)[nH]c(=O)c3n2)cc1)C(=O)O)[C@@H](O)[C@H](O)[C@H](O)CO)[C@@H](O)[C@H](O)[C@H](O)CO. The van der Waals surface area contributed by atoms with Crippen LogP contribution in [0.5, 0.6) is 0 Å². The minimum Gasteiger partial charge on any atom is -0.480 e. The minimum atomic E-state index is -2.24. The third-order valence-electron chi connectivity index (χ3n) is 9.84. The highest BCUT2D eigenvalue weighted by Crippen LogP contribution is 2.21. The molecule has 0 aliphatic heterocycles. The van der Waals surface area contributed by atoms with Crippen molar-refractivity contribution in [1.29, 1.82) is 0 Å². The van der Waals surface area contributed by atoms with Gasteiger partial charge in [0.15, 0.2) is 16.9 Å². The molecule has 62 heavy (non-hydrogen) atoms. The molecule has 3 aromatic rings. The number of amides is 3. The first kappa shape index (κ1) is 50.5. The third-order valence-corrected chi connectivity index (χ3v) is 9.84. The molecule has 0 radical (unpaired) electrons. The Bertz CT molecular complexity index is 2100. The number of anilines is 1. The van der Waals surface area contributed by atoms with Gasteiger partial charge in [-0.05, 0) is 44.5 Å². The van der Waals surface area contributed by atoms with Crippen LogP contribution in [0.25, 0.3) is 11.2 Å². The first-order valence-corrected chi connectivity index (χ1v) is 19.2. The van der Waals surface area contributed by atoms with Gasteiger partial charge in [0.25, 0.3) is 11.5 Å². The lowest BCUT2D eigenvalue weighted by Crippen LogP contribution is -2.52. The van der Waals surface area contributed by atoms with Crippen LogP contribution in [0.2, 0.25) is 0 Å². The summed E-state index contributed by atoms with van der Waals surface area (Å²) in [7, 11) is 1.16. The summed E-state index contributed by atoms with van der Waals surface area (Å²) >= 11 is 0. The van der Waals surface area contributed by atoms with Crippen LogP contribution in [0, 0.1) is 18.8 Å². The van der Waals surface area contributed by atoms with Gasteiger partial charge in [-0.3, -0.25) is 28.8 Å². The van der Waals surface area contributed by atoms with Crippen LogP contribution < -0.4 is 26.8 Å². The molecular formula is C38H52N8O16. The number of nitrogens with zero attached hydrogens (tertiary/aromatic N) is 3. The van der Waals surface area contributed by atoms with Gasteiger partial charge in [0.05, 0.1) is 61.7 Å². The molecule has 2 heterocycles. The summed E-state index contributed by atoms with van der Waals surface area (Å²) in [5.41, 5.74) is 0.778. The zero-order valence-corrected chi connectivity index (χ0v) is 33.8. The zero-order valence-electron chi connectivity index (χ0n) is 33.8. The van der Waals surface area contributed by atoms with E-state index in [1.807, 2.05) is 0 Å². The Morgan fingerprint density at radius 3 is 1.92 bits per heavy atom. The number of aliphatic hydroxyl groups is 8. The van der Waals surface area contributed by atoms with Gasteiger partial charge >= 0.3 is 5.97 Å². The molecule has 3 amide bonds. The van der Waals surface area contributed by atoms with E-state index in [2.05, 4.69) is 41.2 Å². The maximum atomic E-state index is 13.4. The third kappa shape index (κ3) is 13.8. The quantitative estimate of drug-likeness (QED) is 0.0379. The summed E-state index contributed by atoms with van der Waals surface area (Å²) in [5, 5.41) is 99.4. The first-order chi connectivity index (χ1) is 29.2. The molecule has 0 unspecified atom stereocenters. The molecule has 14 N–H and O–H groups in total. The molecule has 0 saturated heterocycles. The highest BCUT2D eigenvalue weighted by Gasteiger charge is 2.40. The monoisotopic (exact) mass is 876 g/mol. The maximum Gasteiger partial charge on any atom is 0.326 e. The molecule has 3 rings (SSSR count). The van der Waals surface area contributed by atoms with Crippen molar-refractivity contribution in [3.8, 4) is 0 Å². The van der Waals surface area contributed by atoms with Gasteiger partial charge in [-0.25, -0.2) is 19.7 Å². The van der Waals surface area contributed by atoms with Crippen LogP contribution in [0.1, 0.15) is 54.5 Å². The number of ketones is 2. The number of carbonyl (C=O) groups is 6. The second kappa shape index (κ2) is 23.4. The highest BCUT2D eigenvalue weighted by molar-refractivity contribution is 5.97. The Hall–Kier alpha value is -5.86. The van der Waals surface area contributed by atoms with Gasteiger partial charge in [-0.15, -0.1) is 0 Å². The molecule has 340 valence electrons. The minimum absolute atomic E-state index is 0.0432. The molecule has 0 spiro atoms. The fourth-order valence-corrected chi connectivity index (χ4v) is 6.10. The van der Waals surface area contributed by atoms with Crippen molar-refractivity contribution in [1.82, 2.24) is 35.9 Å². The molecule has 1 aromatic carbocycles. The van der Waals surface area contributed by atoms with Crippen molar-refractivity contribution in [3.63, 3.8) is 0 Å². The van der Waals surface area contributed by atoms with Crippen molar-refractivity contribution >= 4 is 52.1 Å². The predicted octanol–water partition coefficient (Wildman–Crippen LogP) is -4.85. The number of aromatic amines is 1. The van der Waals surface area contributed by atoms with Gasteiger partial charge in [0, 0.05) is 37.6 Å². The number of carbonyl (C=O) groups excluding carboxylic acids is 5. The number of H-pyrrole nitrogens is 1. The van der Waals surface area contributed by atoms with E-state index in [1.165, 1.54) is 30.5 Å². The molecule has 0 aliphatic rings. The van der Waals surface area contributed by atoms with Crippen molar-refractivity contribution in [2.24, 2.45) is 11.8 Å². The number of aromatic nitrogens is 4. The Kier molecular flexibility index (Phi) is 19.0. The fourth-order valence-electron chi connectivity index (χ4n) is 6.10. The summed E-state index contributed by atoms with van der Waals surface area (Å²) in [6.07, 6.45) is -13.8. The summed E-state index contributed by atoms with van der Waals surface area (Å²) in [6.45, 7) is 0.817. The summed E-state index contributed by atoms with van der Waals surface area (Å²) in [4.78, 5) is 105. The van der Waals surface area contributed by atoms with Crippen LogP contribution in [0.3, 0.4) is 0 Å². The molecule has 0 aliphatic carbocycles. The summed E-state index contributed by atoms with van der Waals surface area (Å²) < 4.78 is 0. The second-order valence-electron chi connectivity index (χ2n) is 14.5. The maximum absolute atomic E-state index is 13.4. The number of hydrogen-bond donors (Lipinski definition) is 14. The van der Waals surface area contributed by atoms with E-state index in [-0.39, 0.29) is 23.3 Å². The number of carboxylic acid groups (broad SMARTS) is 1. The van der Waals surface area contributed by atoms with Crippen LogP contribution in [-0.4, -0.2) is 170 Å². The topological polar surface area (TPSA) is 404 Å². The number of aryl methyl sites for hydroxylation is 1. The Labute approximate surface area is 352 Å². The van der Waals surface area contributed by atoms with Crippen molar-refractivity contribution in [2.75, 3.05) is 25.6 Å². The van der Waals surface area contributed by atoms with Gasteiger partial charge in [-0.1, -0.05) is 0 Å². The molecule has 0 bridgehead atoms. The number of aliphatic carboxylic acids is 1. The average molecular weight is 877 g/mol. The van der Waals surface area contributed by atoms with Gasteiger partial charge < -0.3 is 72.2 Å². The normalized spacial score (nSPS) is 16.3. The predicted molar refractivity (Wildman–Crippen MR) is 213 cm³/mol. The van der Waals surface area contributed by atoms with Crippen molar-refractivity contribution in [3.05, 3.63) is 57.9 Å². The van der Waals surface area contributed by atoms with Gasteiger partial charge in [0.2, 0.25) is 11.8 Å². The van der Waals surface area contributed by atoms with E-state index in [1.54, 1.807) is 6.92 Å². The largest absolute Gasteiger partial charge is 0.480 e. The van der Waals surface area contributed by atoms with Gasteiger partial charge in [0.1, 0.15) is 42.1 Å². The molecule has 10 atom stereocenters. The molecule has 24 nitrogen and oxygen atoms in total. The van der Waals surface area contributed by atoms with E-state index in [9.17, 15) is 74.4 Å². The lowest BCUT2D eigenvalue weighted by atomic mass is 9.87. The van der Waals surface area contributed by atoms with Crippen LogP contribution in [0.15, 0.2) is 35.3 Å². The van der Waals surface area contributed by atoms with E-state index >= 15 is 0 Å². The smallest absolute Gasteiger partial charge is 0.326 e. The molecule has 0 fully saturated rings. The second-order valence-corrected chi connectivity index (χ2v) is 14.5. The van der Waals surface area contributed by atoms with Crippen LogP contribution in [0.4, 0.5) is 5.69 Å². The summed E-state index contributed by atoms with van der Waals surface area (Å²) in [6, 6.07) is 2.67. The average Bonchev–Trinajstić information content (AvgIpc) is 3.25. The number of nitrogens with one attached hydrogen (secondary N) is 5. The lowest BCUT2D eigenvalue weighted by Gasteiger charge is -2.30. The molecule has 2 aromatic heterocycles. The van der Waals surface area contributed by atoms with E-state index < -0.39 is 140 Å². The number of hydrogen-bond acceptors (Lipinski definition) is 19. The Balaban J connectivity index is 1.65. The number of carboxylic acids is 1. The number of Topliss-reactive ketones (excluding diaryl/α,β-unsaturated/α-hetero) is 2. The van der Waals surface area contributed by atoms with E-state index in [4.69, 9.17) is 5.11 Å². The van der Waals surface area contributed by atoms with E-state index in [0.717, 1.165) is 14.0 Å². The zero-order chi connectivity index (χ0) is 46.4. The summed E-state index contributed by atoms with van der Waals surface area (Å²) in [5.74, 6) is -9.55. The van der Waals surface area contributed by atoms with E-state index in [0.29, 0.717) is 17.2 Å². The fraction of sp³-hybridized carbons (Fsp3) is 0.526. The highest BCUT2D eigenvalue weighted by atomic mass is 16.4. The Morgan fingerprint density at radius 2 is 1.37 bits per heavy atom. The molecule has 24 heteroatoms. The molecule has 0 saturated carbocycles. The molecular weight excluding hydrogens is 824 g/mol.